The number of aryl methyl sites for hydroxylation is 1. The lowest BCUT2D eigenvalue weighted by Gasteiger charge is -2.08. The first-order valence-electron chi connectivity index (χ1n) is 6.38. The van der Waals surface area contributed by atoms with Crippen LogP contribution in [0.25, 0.3) is 22.0 Å². The Morgan fingerprint density at radius 1 is 1.19 bits per heavy atom. The predicted molar refractivity (Wildman–Crippen MR) is 83.7 cm³/mol. The number of fused-ring (bicyclic) bond motifs is 1. The highest BCUT2D eigenvalue weighted by molar-refractivity contribution is 7.90. The van der Waals surface area contributed by atoms with Crippen molar-refractivity contribution in [2.45, 2.75) is 4.90 Å². The quantitative estimate of drug-likeness (QED) is 0.736. The van der Waals surface area contributed by atoms with Gasteiger partial charge in [-0.25, -0.2) is 8.42 Å². The fourth-order valence-electron chi connectivity index (χ4n) is 2.36. The van der Waals surface area contributed by atoms with Crippen LogP contribution >= 0.6 is 0 Å². The van der Waals surface area contributed by atoms with Crippen LogP contribution in [-0.4, -0.2) is 24.5 Å². The zero-order valence-corrected chi connectivity index (χ0v) is 12.6. The van der Waals surface area contributed by atoms with Gasteiger partial charge < -0.3 is 5.73 Å². The molecular weight excluding hydrogens is 286 g/mol. The van der Waals surface area contributed by atoms with E-state index in [-0.39, 0.29) is 4.90 Å². The van der Waals surface area contributed by atoms with Crippen molar-refractivity contribution in [3.63, 3.8) is 0 Å². The number of hydrogen-bond acceptors (Lipinski definition) is 4. The summed E-state index contributed by atoms with van der Waals surface area (Å²) in [6, 6.07) is 10.6. The van der Waals surface area contributed by atoms with Gasteiger partial charge in [0.2, 0.25) is 0 Å². The molecule has 3 rings (SSSR count). The summed E-state index contributed by atoms with van der Waals surface area (Å²) in [5.74, 6) is 0. The van der Waals surface area contributed by atoms with Crippen molar-refractivity contribution in [1.29, 1.82) is 0 Å². The lowest BCUT2D eigenvalue weighted by molar-refractivity contribution is 0.602. The number of sulfone groups is 1. The van der Waals surface area contributed by atoms with E-state index in [0.717, 1.165) is 22.0 Å². The Kier molecular flexibility index (Phi) is 2.98. The fourth-order valence-corrected chi connectivity index (χ4v) is 3.03. The van der Waals surface area contributed by atoms with E-state index in [1.807, 2.05) is 25.2 Å². The minimum Gasteiger partial charge on any atom is -0.398 e. The third-order valence-electron chi connectivity index (χ3n) is 3.49. The standard InChI is InChI=1S/C15H15N3O2S/c1-18-15-8-13(14(16)7-11(15)9-17-18)10-4-3-5-12(6-10)21(2,19)20/h3-9H,16H2,1-2H3. The molecule has 2 aromatic carbocycles. The summed E-state index contributed by atoms with van der Waals surface area (Å²) in [6.45, 7) is 0. The Hall–Kier alpha value is -2.34. The number of benzene rings is 2. The average molecular weight is 301 g/mol. The van der Waals surface area contributed by atoms with Crippen LogP contribution in [0.15, 0.2) is 47.5 Å². The SMILES string of the molecule is Cn1ncc2cc(N)c(-c3cccc(S(C)(=O)=O)c3)cc21. The Labute approximate surface area is 122 Å². The van der Waals surface area contributed by atoms with Gasteiger partial charge in [-0.2, -0.15) is 5.10 Å². The van der Waals surface area contributed by atoms with Crippen molar-refractivity contribution in [3.05, 3.63) is 42.6 Å². The molecule has 5 nitrogen and oxygen atoms in total. The maximum Gasteiger partial charge on any atom is 0.175 e. The topological polar surface area (TPSA) is 78.0 Å². The summed E-state index contributed by atoms with van der Waals surface area (Å²) >= 11 is 0. The molecule has 6 heteroatoms. The van der Waals surface area contributed by atoms with E-state index in [2.05, 4.69) is 5.10 Å². The van der Waals surface area contributed by atoms with Crippen LogP contribution in [0.4, 0.5) is 5.69 Å². The number of nitrogen functional groups attached to an aromatic ring is 1. The molecular formula is C15H15N3O2S. The summed E-state index contributed by atoms with van der Waals surface area (Å²) in [7, 11) is -1.39. The van der Waals surface area contributed by atoms with Crippen LogP contribution in [0.1, 0.15) is 0 Å². The number of aromatic nitrogens is 2. The molecule has 0 aliphatic carbocycles. The molecule has 21 heavy (non-hydrogen) atoms. The summed E-state index contributed by atoms with van der Waals surface area (Å²) in [4.78, 5) is 0.282. The van der Waals surface area contributed by atoms with Crippen LogP contribution in [0.5, 0.6) is 0 Å². The number of nitrogens with zero attached hydrogens (tertiary/aromatic N) is 2. The molecule has 0 spiro atoms. The fraction of sp³-hybridized carbons (Fsp3) is 0.133. The minimum atomic E-state index is -3.24. The highest BCUT2D eigenvalue weighted by atomic mass is 32.2. The normalized spacial score (nSPS) is 11.9. The van der Waals surface area contributed by atoms with E-state index in [0.29, 0.717) is 5.69 Å². The molecule has 3 aromatic rings. The largest absolute Gasteiger partial charge is 0.398 e. The monoisotopic (exact) mass is 301 g/mol. The maximum atomic E-state index is 11.7. The number of nitrogens with two attached hydrogens (primary N) is 1. The second-order valence-electron chi connectivity index (χ2n) is 5.07. The van der Waals surface area contributed by atoms with Gasteiger partial charge in [0.1, 0.15) is 0 Å². The van der Waals surface area contributed by atoms with Gasteiger partial charge in [0.15, 0.2) is 9.84 Å². The van der Waals surface area contributed by atoms with Gasteiger partial charge in [0.25, 0.3) is 0 Å². The average Bonchev–Trinajstić information content (AvgIpc) is 2.78. The van der Waals surface area contributed by atoms with Crippen LogP contribution in [0.3, 0.4) is 0 Å². The van der Waals surface area contributed by atoms with Gasteiger partial charge in [0.05, 0.1) is 16.6 Å². The van der Waals surface area contributed by atoms with E-state index in [4.69, 9.17) is 5.73 Å². The molecule has 1 heterocycles. The molecule has 0 bridgehead atoms. The maximum absolute atomic E-state index is 11.7. The molecule has 0 saturated heterocycles. The van der Waals surface area contributed by atoms with Crippen LogP contribution in [-0.2, 0) is 16.9 Å². The third kappa shape index (κ3) is 2.38. The van der Waals surface area contributed by atoms with E-state index >= 15 is 0 Å². The lowest BCUT2D eigenvalue weighted by atomic mass is 10.0. The van der Waals surface area contributed by atoms with E-state index in [9.17, 15) is 8.42 Å². The zero-order valence-electron chi connectivity index (χ0n) is 11.7. The van der Waals surface area contributed by atoms with Gasteiger partial charge in [-0.3, -0.25) is 4.68 Å². The highest BCUT2D eigenvalue weighted by Crippen LogP contribution is 2.31. The molecule has 0 aliphatic rings. The molecule has 0 aliphatic heterocycles. The van der Waals surface area contributed by atoms with Crippen molar-refractivity contribution in [2.24, 2.45) is 7.05 Å². The molecule has 2 N–H and O–H groups in total. The Morgan fingerprint density at radius 3 is 2.67 bits per heavy atom. The van der Waals surface area contributed by atoms with Gasteiger partial charge >= 0.3 is 0 Å². The Bertz CT molecular complexity index is 943. The second-order valence-corrected chi connectivity index (χ2v) is 7.08. The lowest BCUT2D eigenvalue weighted by Crippen LogP contribution is -1.98. The summed E-state index contributed by atoms with van der Waals surface area (Å²) in [6.07, 6.45) is 2.95. The highest BCUT2D eigenvalue weighted by Gasteiger charge is 2.11. The van der Waals surface area contributed by atoms with Crippen molar-refractivity contribution in [1.82, 2.24) is 9.78 Å². The first kappa shape index (κ1) is 13.6. The van der Waals surface area contributed by atoms with Crippen molar-refractivity contribution >= 4 is 26.4 Å². The summed E-state index contributed by atoms with van der Waals surface area (Å²) in [5, 5.41) is 5.15. The van der Waals surface area contributed by atoms with Gasteiger partial charge in [-0.1, -0.05) is 12.1 Å². The molecule has 0 radical (unpaired) electrons. The van der Waals surface area contributed by atoms with Crippen molar-refractivity contribution in [3.8, 4) is 11.1 Å². The molecule has 0 amide bonds. The first-order chi connectivity index (χ1) is 9.86. The zero-order chi connectivity index (χ0) is 15.2. The van der Waals surface area contributed by atoms with E-state index in [1.54, 1.807) is 29.1 Å². The summed E-state index contributed by atoms with van der Waals surface area (Å²) in [5.41, 5.74) is 9.23. The minimum absolute atomic E-state index is 0.282. The summed E-state index contributed by atoms with van der Waals surface area (Å²) < 4.78 is 25.1. The van der Waals surface area contributed by atoms with Crippen LogP contribution < -0.4 is 5.73 Å². The van der Waals surface area contributed by atoms with Crippen LogP contribution in [0, 0.1) is 0 Å². The van der Waals surface area contributed by atoms with Crippen molar-refractivity contribution < 1.29 is 8.42 Å². The molecule has 0 saturated carbocycles. The Balaban J connectivity index is 2.25. The first-order valence-corrected chi connectivity index (χ1v) is 8.27. The van der Waals surface area contributed by atoms with Crippen molar-refractivity contribution in [2.75, 3.05) is 12.0 Å². The van der Waals surface area contributed by atoms with Gasteiger partial charge in [-0.15, -0.1) is 0 Å². The Morgan fingerprint density at radius 2 is 1.95 bits per heavy atom. The van der Waals surface area contributed by atoms with Gasteiger partial charge in [0, 0.05) is 29.9 Å². The predicted octanol–water partition coefficient (Wildman–Crippen LogP) is 2.23. The number of anilines is 1. The molecule has 0 fully saturated rings. The number of rotatable bonds is 2. The molecule has 0 unspecified atom stereocenters. The molecule has 1 aromatic heterocycles. The van der Waals surface area contributed by atoms with E-state index in [1.165, 1.54) is 6.26 Å². The van der Waals surface area contributed by atoms with Crippen LogP contribution in [0.2, 0.25) is 0 Å². The smallest absolute Gasteiger partial charge is 0.175 e. The molecule has 108 valence electrons. The van der Waals surface area contributed by atoms with Gasteiger partial charge in [-0.05, 0) is 29.8 Å². The third-order valence-corrected chi connectivity index (χ3v) is 4.60. The van der Waals surface area contributed by atoms with E-state index < -0.39 is 9.84 Å². The number of hydrogen-bond donors (Lipinski definition) is 1. The second kappa shape index (κ2) is 4.60. The molecule has 0 atom stereocenters.